The van der Waals surface area contributed by atoms with Crippen molar-refractivity contribution in [1.29, 1.82) is 0 Å². The van der Waals surface area contributed by atoms with Gasteiger partial charge < -0.3 is 10.2 Å². The summed E-state index contributed by atoms with van der Waals surface area (Å²) in [5, 5.41) is 3.33. The van der Waals surface area contributed by atoms with Gasteiger partial charge in [-0.2, -0.15) is 0 Å². The largest absolute Gasteiger partial charge is 0.368 e. The normalized spacial score (nSPS) is 14.8. The molecule has 1 aromatic carbocycles. The third kappa shape index (κ3) is 3.95. The number of anilines is 1. The number of halogens is 1. The van der Waals surface area contributed by atoms with Gasteiger partial charge in [-0.05, 0) is 43.9 Å². The topological polar surface area (TPSA) is 15.3 Å². The molecule has 1 fully saturated rings. The van der Waals surface area contributed by atoms with Gasteiger partial charge in [0.05, 0.1) is 0 Å². The molecule has 1 aromatic rings. The van der Waals surface area contributed by atoms with Crippen LogP contribution in [0.4, 0.5) is 10.1 Å². The Morgan fingerprint density at radius 3 is 2.70 bits per heavy atom. The number of rotatable bonds is 8. The zero-order valence-electron chi connectivity index (χ0n) is 13.0. The maximum absolute atomic E-state index is 14.2. The Morgan fingerprint density at radius 1 is 1.35 bits per heavy atom. The average molecular weight is 278 g/mol. The summed E-state index contributed by atoms with van der Waals surface area (Å²) in [6.07, 6.45) is 3.55. The van der Waals surface area contributed by atoms with Gasteiger partial charge in [-0.1, -0.05) is 26.8 Å². The van der Waals surface area contributed by atoms with Crippen molar-refractivity contribution in [3.63, 3.8) is 0 Å². The third-order valence-corrected chi connectivity index (χ3v) is 3.68. The Kier molecular flexibility index (Phi) is 5.41. The van der Waals surface area contributed by atoms with E-state index in [4.69, 9.17) is 0 Å². The highest BCUT2D eigenvalue weighted by Gasteiger charge is 2.31. The van der Waals surface area contributed by atoms with Crippen molar-refractivity contribution < 1.29 is 4.39 Å². The maximum Gasteiger partial charge on any atom is 0.129 e. The summed E-state index contributed by atoms with van der Waals surface area (Å²) < 4.78 is 14.2. The van der Waals surface area contributed by atoms with E-state index >= 15 is 0 Å². The van der Waals surface area contributed by atoms with Crippen LogP contribution in [0.25, 0.3) is 0 Å². The van der Waals surface area contributed by atoms with Crippen LogP contribution in [0.2, 0.25) is 0 Å². The molecule has 0 heterocycles. The molecule has 3 heteroatoms. The fourth-order valence-corrected chi connectivity index (χ4v) is 2.61. The van der Waals surface area contributed by atoms with E-state index in [-0.39, 0.29) is 5.82 Å². The van der Waals surface area contributed by atoms with E-state index < -0.39 is 0 Å². The minimum absolute atomic E-state index is 0.0829. The van der Waals surface area contributed by atoms with Crippen LogP contribution in [-0.2, 0) is 6.54 Å². The lowest BCUT2D eigenvalue weighted by molar-refractivity contribution is 0.573. The fraction of sp³-hybridized carbons (Fsp3) is 0.647. The Morgan fingerprint density at radius 2 is 2.10 bits per heavy atom. The summed E-state index contributed by atoms with van der Waals surface area (Å²) >= 11 is 0. The van der Waals surface area contributed by atoms with Crippen molar-refractivity contribution in [2.75, 3.05) is 18.0 Å². The van der Waals surface area contributed by atoms with E-state index in [1.54, 1.807) is 6.07 Å². The first-order valence-corrected chi connectivity index (χ1v) is 7.88. The molecule has 0 aliphatic heterocycles. The molecule has 0 unspecified atom stereocenters. The summed E-state index contributed by atoms with van der Waals surface area (Å²) in [5.41, 5.74) is 1.92. The van der Waals surface area contributed by atoms with Crippen LogP contribution in [0.1, 0.15) is 45.6 Å². The minimum Gasteiger partial charge on any atom is -0.368 e. The maximum atomic E-state index is 14.2. The van der Waals surface area contributed by atoms with Crippen molar-refractivity contribution in [3.8, 4) is 0 Å². The number of hydrogen-bond donors (Lipinski definition) is 1. The molecular formula is C17H27FN2. The first-order valence-electron chi connectivity index (χ1n) is 7.88. The van der Waals surface area contributed by atoms with Crippen LogP contribution in [0.3, 0.4) is 0 Å². The second-order valence-electron chi connectivity index (χ2n) is 6.19. The third-order valence-electron chi connectivity index (χ3n) is 3.68. The van der Waals surface area contributed by atoms with Crippen molar-refractivity contribution in [3.05, 3.63) is 29.6 Å². The van der Waals surface area contributed by atoms with Gasteiger partial charge in [-0.15, -0.1) is 0 Å². The van der Waals surface area contributed by atoms with Crippen LogP contribution >= 0.6 is 0 Å². The lowest BCUT2D eigenvalue weighted by Gasteiger charge is -2.29. The Balaban J connectivity index is 2.21. The molecule has 0 aromatic heterocycles. The first kappa shape index (κ1) is 15.3. The smallest absolute Gasteiger partial charge is 0.129 e. The predicted octanol–water partition coefficient (Wildman–Crippen LogP) is 3.95. The number of nitrogens with zero attached hydrogens (tertiary/aromatic N) is 1. The molecule has 0 radical (unpaired) electrons. The Bertz CT molecular complexity index is 427. The van der Waals surface area contributed by atoms with E-state index in [1.165, 1.54) is 12.8 Å². The zero-order chi connectivity index (χ0) is 14.5. The van der Waals surface area contributed by atoms with E-state index in [9.17, 15) is 4.39 Å². The highest BCUT2D eigenvalue weighted by molar-refractivity contribution is 5.56. The monoisotopic (exact) mass is 278 g/mol. The Hall–Kier alpha value is -1.09. The highest BCUT2D eigenvalue weighted by Crippen LogP contribution is 2.35. The molecular weight excluding hydrogens is 251 g/mol. The van der Waals surface area contributed by atoms with Gasteiger partial charge >= 0.3 is 0 Å². The summed E-state index contributed by atoms with van der Waals surface area (Å²) in [6.45, 7) is 9.14. The summed E-state index contributed by atoms with van der Waals surface area (Å²) in [4.78, 5) is 2.41. The standard InChI is InChI=1S/C17H27FN2/c1-4-10-19-11-15-16(18)6-5-7-17(15)20(12-13(2)3)14-8-9-14/h5-7,13-14,19H,4,8-12H2,1-3H3. The first-order chi connectivity index (χ1) is 9.63. The molecule has 1 N–H and O–H groups in total. The summed E-state index contributed by atoms with van der Waals surface area (Å²) in [5.74, 6) is 0.510. The number of benzene rings is 1. The quantitative estimate of drug-likeness (QED) is 0.724. The second kappa shape index (κ2) is 7.07. The highest BCUT2D eigenvalue weighted by atomic mass is 19.1. The van der Waals surface area contributed by atoms with Gasteiger partial charge in [0.1, 0.15) is 5.82 Å². The van der Waals surface area contributed by atoms with Crippen molar-refractivity contribution in [1.82, 2.24) is 5.32 Å². The van der Waals surface area contributed by atoms with Crippen molar-refractivity contribution in [2.24, 2.45) is 5.92 Å². The molecule has 0 amide bonds. The van der Waals surface area contributed by atoms with E-state index in [1.807, 2.05) is 6.07 Å². The fourth-order valence-electron chi connectivity index (χ4n) is 2.61. The van der Waals surface area contributed by atoms with E-state index in [0.717, 1.165) is 30.8 Å². The van der Waals surface area contributed by atoms with E-state index in [0.29, 0.717) is 18.5 Å². The van der Waals surface area contributed by atoms with Crippen molar-refractivity contribution >= 4 is 5.69 Å². The lowest BCUT2D eigenvalue weighted by Crippen LogP contribution is -2.31. The average Bonchev–Trinajstić information content (AvgIpc) is 3.22. The molecule has 20 heavy (non-hydrogen) atoms. The molecule has 0 atom stereocenters. The van der Waals surface area contributed by atoms with Gasteiger partial charge in [0.15, 0.2) is 0 Å². The SMILES string of the molecule is CCCNCc1c(F)cccc1N(CC(C)C)C1CC1. The molecule has 0 saturated heterocycles. The van der Waals surface area contributed by atoms with Crippen LogP contribution < -0.4 is 10.2 Å². The number of nitrogens with one attached hydrogen (secondary N) is 1. The van der Waals surface area contributed by atoms with Gasteiger partial charge in [0, 0.05) is 30.4 Å². The Labute approximate surface area is 122 Å². The van der Waals surface area contributed by atoms with Crippen molar-refractivity contribution in [2.45, 2.75) is 52.6 Å². The molecule has 1 aliphatic carbocycles. The van der Waals surface area contributed by atoms with Crippen LogP contribution in [0.15, 0.2) is 18.2 Å². The molecule has 112 valence electrons. The van der Waals surface area contributed by atoms with Crippen LogP contribution in [-0.4, -0.2) is 19.1 Å². The summed E-state index contributed by atoms with van der Waals surface area (Å²) in [7, 11) is 0. The molecule has 0 spiro atoms. The van der Waals surface area contributed by atoms with Gasteiger partial charge in [-0.3, -0.25) is 0 Å². The van der Waals surface area contributed by atoms with Gasteiger partial charge in [-0.25, -0.2) is 4.39 Å². The predicted molar refractivity (Wildman–Crippen MR) is 83.6 cm³/mol. The minimum atomic E-state index is -0.0829. The summed E-state index contributed by atoms with van der Waals surface area (Å²) in [6, 6.07) is 6.10. The van der Waals surface area contributed by atoms with Gasteiger partial charge in [0.2, 0.25) is 0 Å². The second-order valence-corrected chi connectivity index (χ2v) is 6.19. The van der Waals surface area contributed by atoms with Crippen LogP contribution in [0.5, 0.6) is 0 Å². The van der Waals surface area contributed by atoms with E-state index in [2.05, 4.69) is 37.1 Å². The molecule has 1 saturated carbocycles. The van der Waals surface area contributed by atoms with Gasteiger partial charge in [0.25, 0.3) is 0 Å². The lowest BCUT2D eigenvalue weighted by atomic mass is 10.1. The molecule has 1 aliphatic rings. The molecule has 0 bridgehead atoms. The molecule has 2 rings (SSSR count). The number of hydrogen-bond acceptors (Lipinski definition) is 2. The molecule has 2 nitrogen and oxygen atoms in total. The van der Waals surface area contributed by atoms with Crippen LogP contribution in [0, 0.1) is 11.7 Å². The zero-order valence-corrected chi connectivity index (χ0v) is 13.0.